The average Bonchev–Trinajstić information content (AvgIpc) is 2.81. The van der Waals surface area contributed by atoms with E-state index >= 15 is 0 Å². The molecule has 1 N–H and O–H groups in total. The second kappa shape index (κ2) is 13.3. The monoisotopic (exact) mass is 523 g/mol. The van der Waals surface area contributed by atoms with Gasteiger partial charge in [0.1, 0.15) is 11.8 Å². The summed E-state index contributed by atoms with van der Waals surface area (Å²) in [6.07, 6.45) is 2.08. The van der Waals surface area contributed by atoms with Gasteiger partial charge in [0.2, 0.25) is 21.8 Å². The fourth-order valence-electron chi connectivity index (χ4n) is 3.71. The van der Waals surface area contributed by atoms with Crippen molar-refractivity contribution in [1.29, 1.82) is 0 Å². The molecule has 0 bridgehead atoms. The molecule has 10 heteroatoms. The Balaban J connectivity index is 2.12. The highest BCUT2D eigenvalue weighted by Gasteiger charge is 2.26. The highest BCUT2D eigenvalue weighted by Crippen LogP contribution is 2.30. The Morgan fingerprint density at radius 2 is 1.80 bits per heavy atom. The molecule has 1 unspecified atom stereocenters. The molecule has 0 aromatic heterocycles. The van der Waals surface area contributed by atoms with E-state index < -0.39 is 16.1 Å². The fraction of sp³-hybridized carbons (Fsp3) is 0.440. The molecular formula is C25H34ClN3O5S. The van der Waals surface area contributed by atoms with Gasteiger partial charge in [0.25, 0.3) is 0 Å². The number of carbonyl (C=O) groups is 2. The number of anilines is 1. The fourth-order valence-corrected chi connectivity index (χ4v) is 4.92. The van der Waals surface area contributed by atoms with Crippen LogP contribution in [0.5, 0.6) is 5.75 Å². The molecule has 2 aromatic rings. The zero-order chi connectivity index (χ0) is 26.0. The van der Waals surface area contributed by atoms with Crippen LogP contribution >= 0.6 is 11.6 Å². The molecule has 0 saturated heterocycles. The molecule has 2 rings (SSSR count). The highest BCUT2D eigenvalue weighted by atomic mass is 35.5. The van der Waals surface area contributed by atoms with Crippen molar-refractivity contribution in [3.05, 3.63) is 59.1 Å². The van der Waals surface area contributed by atoms with Crippen molar-refractivity contribution in [2.24, 2.45) is 0 Å². The Kier molecular flexibility index (Phi) is 10.9. The van der Waals surface area contributed by atoms with Crippen molar-refractivity contribution in [1.82, 2.24) is 10.2 Å². The van der Waals surface area contributed by atoms with Gasteiger partial charge in [0.15, 0.2) is 0 Å². The van der Waals surface area contributed by atoms with Gasteiger partial charge in [-0.1, -0.05) is 41.9 Å². The van der Waals surface area contributed by atoms with Crippen LogP contribution in [0.4, 0.5) is 5.69 Å². The van der Waals surface area contributed by atoms with E-state index in [0.29, 0.717) is 30.9 Å². The molecule has 0 fully saturated rings. The maximum absolute atomic E-state index is 13.2. The summed E-state index contributed by atoms with van der Waals surface area (Å²) in [5.74, 6) is 0.00731. The number of amides is 2. The minimum atomic E-state index is -3.61. The van der Waals surface area contributed by atoms with Crippen molar-refractivity contribution >= 4 is 39.1 Å². The number of hydrogen-bond acceptors (Lipinski definition) is 5. The van der Waals surface area contributed by atoms with Crippen LogP contribution in [0.15, 0.2) is 48.5 Å². The number of hydrogen-bond donors (Lipinski definition) is 1. The molecule has 0 saturated carbocycles. The first kappa shape index (κ1) is 28.5. The van der Waals surface area contributed by atoms with Crippen LogP contribution in [0.2, 0.25) is 5.02 Å². The number of methoxy groups -OCH3 is 1. The number of nitrogens with one attached hydrogen (secondary N) is 1. The Bertz CT molecular complexity index is 1100. The lowest BCUT2D eigenvalue weighted by Gasteiger charge is -2.29. The molecule has 0 heterocycles. The van der Waals surface area contributed by atoms with Gasteiger partial charge in [0, 0.05) is 26.1 Å². The number of likely N-dealkylation sites (N-methyl/N-ethyl adjacent to an activating group) is 1. The summed E-state index contributed by atoms with van der Waals surface area (Å²) < 4.78 is 31.2. The standard InChI is InChI=1S/C25H34ClN3O5S/c1-5-27-25(31)19(2)28(17-15-20-10-7-6-8-11-20)24(30)12-9-16-29(35(4,32)33)21-13-14-23(34-3)22(26)18-21/h6-8,10-11,13-14,18-19H,5,9,12,15-17H2,1-4H3,(H,27,31). The number of ether oxygens (including phenoxy) is 1. The molecule has 0 spiro atoms. The van der Waals surface area contributed by atoms with Crippen molar-refractivity contribution < 1.29 is 22.7 Å². The normalized spacial score (nSPS) is 12.0. The Hall–Kier alpha value is -2.78. The lowest BCUT2D eigenvalue weighted by Crippen LogP contribution is -2.48. The van der Waals surface area contributed by atoms with Crippen LogP contribution in [-0.4, -0.2) is 64.2 Å². The van der Waals surface area contributed by atoms with Gasteiger partial charge in [-0.3, -0.25) is 13.9 Å². The lowest BCUT2D eigenvalue weighted by molar-refractivity contribution is -0.139. The third-order valence-electron chi connectivity index (χ3n) is 5.58. The van der Waals surface area contributed by atoms with E-state index in [-0.39, 0.29) is 36.2 Å². The molecule has 35 heavy (non-hydrogen) atoms. The van der Waals surface area contributed by atoms with Gasteiger partial charge in [-0.05, 0) is 50.5 Å². The zero-order valence-corrected chi connectivity index (χ0v) is 22.2. The molecular weight excluding hydrogens is 490 g/mol. The van der Waals surface area contributed by atoms with Crippen molar-refractivity contribution in [3.63, 3.8) is 0 Å². The molecule has 0 radical (unpaired) electrons. The first-order valence-corrected chi connectivity index (χ1v) is 13.7. The van der Waals surface area contributed by atoms with E-state index in [9.17, 15) is 18.0 Å². The van der Waals surface area contributed by atoms with Crippen LogP contribution in [0.1, 0.15) is 32.3 Å². The summed E-state index contributed by atoms with van der Waals surface area (Å²) in [5.41, 5.74) is 1.45. The quantitative estimate of drug-likeness (QED) is 0.433. The van der Waals surface area contributed by atoms with E-state index in [4.69, 9.17) is 16.3 Å². The average molecular weight is 524 g/mol. The number of halogens is 1. The smallest absolute Gasteiger partial charge is 0.242 e. The second-order valence-corrected chi connectivity index (χ2v) is 10.5. The Labute approximate surface area is 213 Å². The molecule has 2 amide bonds. The van der Waals surface area contributed by atoms with Gasteiger partial charge < -0.3 is 15.0 Å². The van der Waals surface area contributed by atoms with E-state index in [1.807, 2.05) is 37.3 Å². The van der Waals surface area contributed by atoms with Crippen LogP contribution in [0, 0.1) is 0 Å². The lowest BCUT2D eigenvalue weighted by atomic mass is 10.1. The minimum absolute atomic E-state index is 0.0917. The van der Waals surface area contributed by atoms with Gasteiger partial charge in [-0.2, -0.15) is 0 Å². The maximum Gasteiger partial charge on any atom is 0.242 e. The first-order valence-electron chi connectivity index (χ1n) is 11.5. The largest absolute Gasteiger partial charge is 0.495 e. The third-order valence-corrected chi connectivity index (χ3v) is 7.07. The summed E-state index contributed by atoms with van der Waals surface area (Å²) in [6.45, 7) is 4.47. The van der Waals surface area contributed by atoms with Crippen LogP contribution in [-0.2, 0) is 26.0 Å². The van der Waals surface area contributed by atoms with E-state index in [0.717, 1.165) is 11.8 Å². The van der Waals surface area contributed by atoms with Crippen molar-refractivity contribution in [2.45, 2.75) is 39.2 Å². The topological polar surface area (TPSA) is 96.0 Å². The molecule has 8 nitrogen and oxygen atoms in total. The molecule has 0 aliphatic heterocycles. The zero-order valence-electron chi connectivity index (χ0n) is 20.7. The van der Waals surface area contributed by atoms with Crippen molar-refractivity contribution in [2.75, 3.05) is 37.3 Å². The molecule has 192 valence electrons. The Morgan fingerprint density at radius 3 is 2.37 bits per heavy atom. The van der Waals surface area contributed by atoms with Crippen molar-refractivity contribution in [3.8, 4) is 5.75 Å². The van der Waals surface area contributed by atoms with Gasteiger partial charge in [0.05, 0.1) is 24.1 Å². The van der Waals surface area contributed by atoms with Crippen LogP contribution < -0.4 is 14.4 Å². The molecule has 0 aliphatic carbocycles. The number of sulfonamides is 1. The summed E-state index contributed by atoms with van der Waals surface area (Å²) in [5, 5.41) is 3.06. The summed E-state index contributed by atoms with van der Waals surface area (Å²) >= 11 is 6.18. The first-order chi connectivity index (χ1) is 16.6. The molecule has 0 aliphatic rings. The number of carbonyl (C=O) groups excluding carboxylic acids is 2. The highest BCUT2D eigenvalue weighted by molar-refractivity contribution is 7.92. The third kappa shape index (κ3) is 8.43. The molecule has 2 aromatic carbocycles. The number of benzene rings is 2. The predicted molar refractivity (Wildman–Crippen MR) is 139 cm³/mol. The van der Waals surface area contributed by atoms with Crippen LogP contribution in [0.3, 0.4) is 0 Å². The number of rotatable bonds is 13. The molecule has 1 atom stereocenters. The SMILES string of the molecule is CCNC(=O)C(C)N(CCc1ccccc1)C(=O)CCCN(c1ccc(OC)c(Cl)c1)S(C)(=O)=O. The second-order valence-electron chi connectivity index (χ2n) is 8.15. The Morgan fingerprint density at radius 1 is 1.11 bits per heavy atom. The van der Waals surface area contributed by atoms with Gasteiger partial charge in [-0.15, -0.1) is 0 Å². The minimum Gasteiger partial charge on any atom is -0.495 e. The van der Waals surface area contributed by atoms with Gasteiger partial charge >= 0.3 is 0 Å². The van der Waals surface area contributed by atoms with E-state index in [1.54, 1.807) is 24.0 Å². The summed E-state index contributed by atoms with van der Waals surface area (Å²) in [7, 11) is -2.13. The van der Waals surface area contributed by atoms with Gasteiger partial charge in [-0.25, -0.2) is 8.42 Å². The van der Waals surface area contributed by atoms with Crippen LogP contribution in [0.25, 0.3) is 0 Å². The maximum atomic E-state index is 13.2. The number of nitrogens with zero attached hydrogens (tertiary/aromatic N) is 2. The van der Waals surface area contributed by atoms with E-state index in [2.05, 4.69) is 5.32 Å². The van der Waals surface area contributed by atoms with E-state index in [1.165, 1.54) is 17.5 Å². The summed E-state index contributed by atoms with van der Waals surface area (Å²) in [4.78, 5) is 27.2. The summed E-state index contributed by atoms with van der Waals surface area (Å²) in [6, 6.07) is 13.8. The predicted octanol–water partition coefficient (Wildman–Crippen LogP) is 3.49.